The number of rotatable bonds is 8. The maximum absolute atomic E-state index is 12.1. The lowest BCUT2D eigenvalue weighted by molar-refractivity contribution is -0.118. The Balaban J connectivity index is 1.12. The number of amides is 1. The van der Waals surface area contributed by atoms with Gasteiger partial charge in [-0.15, -0.1) is 26.6 Å². The molecule has 32 heavy (non-hydrogen) atoms. The molecular weight excluding hydrogens is 444 g/mol. The Hall–Kier alpha value is -3.50. The molecule has 160 valence electrons. The minimum atomic E-state index is -0.0635. The first-order valence-electron chi connectivity index (χ1n) is 9.92. The normalized spacial score (nSPS) is 11.1. The summed E-state index contributed by atoms with van der Waals surface area (Å²) in [6, 6.07) is 21.2. The summed E-state index contributed by atoms with van der Waals surface area (Å²) in [6.07, 6.45) is 0. The molecule has 0 aliphatic heterocycles. The molecule has 0 atom stereocenters. The average molecular weight is 463 g/mol. The Labute approximate surface area is 191 Å². The maximum atomic E-state index is 12.1. The van der Waals surface area contributed by atoms with E-state index in [9.17, 15) is 4.79 Å². The van der Waals surface area contributed by atoms with Crippen LogP contribution >= 0.6 is 23.1 Å². The highest BCUT2D eigenvalue weighted by molar-refractivity contribution is 8.01. The molecule has 2 aromatic carbocycles. The van der Waals surface area contributed by atoms with Crippen LogP contribution in [0.5, 0.6) is 5.88 Å². The molecule has 0 saturated heterocycles. The van der Waals surface area contributed by atoms with Gasteiger partial charge < -0.3 is 10.1 Å². The van der Waals surface area contributed by atoms with Crippen LogP contribution in [0.2, 0.25) is 0 Å². The van der Waals surface area contributed by atoms with Gasteiger partial charge >= 0.3 is 0 Å². The number of carbonyl (C=O) groups is 1. The molecule has 1 amide bonds. The van der Waals surface area contributed by atoms with Gasteiger partial charge in [0.05, 0.1) is 22.5 Å². The minimum Gasteiger partial charge on any atom is -0.475 e. The molecule has 0 fully saturated rings. The molecule has 0 saturated carbocycles. The van der Waals surface area contributed by atoms with E-state index in [4.69, 9.17) is 4.74 Å². The largest absolute Gasteiger partial charge is 0.475 e. The van der Waals surface area contributed by atoms with E-state index < -0.39 is 0 Å². The van der Waals surface area contributed by atoms with Crippen molar-refractivity contribution in [1.82, 2.24) is 30.1 Å². The van der Waals surface area contributed by atoms with Crippen LogP contribution in [-0.4, -0.2) is 49.6 Å². The minimum absolute atomic E-state index is 0.0635. The second-order valence-corrected chi connectivity index (χ2v) is 9.02. The second-order valence-electron chi connectivity index (χ2n) is 6.77. The Kier molecular flexibility index (Phi) is 5.95. The molecule has 0 aliphatic rings. The van der Waals surface area contributed by atoms with Crippen LogP contribution in [0.15, 0.2) is 71.1 Å². The van der Waals surface area contributed by atoms with Gasteiger partial charge in [0.1, 0.15) is 6.61 Å². The van der Waals surface area contributed by atoms with E-state index in [2.05, 4.69) is 25.6 Å². The van der Waals surface area contributed by atoms with Crippen LogP contribution in [0.3, 0.4) is 0 Å². The van der Waals surface area contributed by atoms with Crippen molar-refractivity contribution in [3.05, 3.63) is 66.7 Å². The third kappa shape index (κ3) is 4.56. The zero-order valence-corrected chi connectivity index (χ0v) is 18.5. The molecular formula is C22H18N6O2S2. The van der Waals surface area contributed by atoms with Crippen LogP contribution in [0, 0.1) is 0 Å². The average Bonchev–Trinajstić information content (AvgIpc) is 3.44. The van der Waals surface area contributed by atoms with E-state index >= 15 is 0 Å². The summed E-state index contributed by atoms with van der Waals surface area (Å²) in [6.45, 7) is 0.686. The Morgan fingerprint density at radius 1 is 1.03 bits per heavy atom. The summed E-state index contributed by atoms with van der Waals surface area (Å²) in [7, 11) is 0. The predicted octanol–water partition coefficient (Wildman–Crippen LogP) is 3.69. The van der Waals surface area contributed by atoms with Crippen LogP contribution in [0.4, 0.5) is 0 Å². The Morgan fingerprint density at radius 3 is 2.75 bits per heavy atom. The lowest BCUT2D eigenvalue weighted by atomic mass is 10.2. The monoisotopic (exact) mass is 462 g/mol. The van der Waals surface area contributed by atoms with E-state index in [0.717, 1.165) is 20.1 Å². The second kappa shape index (κ2) is 9.33. The number of aromatic nitrogens is 5. The fourth-order valence-corrected chi connectivity index (χ4v) is 4.95. The van der Waals surface area contributed by atoms with Crippen LogP contribution in [0.25, 0.3) is 27.3 Å². The van der Waals surface area contributed by atoms with Crippen molar-refractivity contribution in [2.45, 2.75) is 4.34 Å². The molecule has 5 aromatic rings. The van der Waals surface area contributed by atoms with Gasteiger partial charge in [-0.25, -0.2) is 4.98 Å². The molecule has 0 unspecified atom stereocenters. The van der Waals surface area contributed by atoms with Crippen molar-refractivity contribution in [1.29, 1.82) is 0 Å². The van der Waals surface area contributed by atoms with Crippen molar-refractivity contribution in [2.75, 3.05) is 18.9 Å². The van der Waals surface area contributed by atoms with Gasteiger partial charge in [-0.05, 0) is 18.2 Å². The van der Waals surface area contributed by atoms with Crippen molar-refractivity contribution in [3.63, 3.8) is 0 Å². The molecule has 3 heterocycles. The quantitative estimate of drug-likeness (QED) is 0.278. The number of hydrogen-bond acceptors (Lipinski definition) is 8. The number of ether oxygens (including phenoxy) is 1. The van der Waals surface area contributed by atoms with Gasteiger partial charge in [-0.1, -0.05) is 54.2 Å². The number of benzene rings is 2. The number of nitrogens with one attached hydrogen (secondary N) is 1. The summed E-state index contributed by atoms with van der Waals surface area (Å²) in [4.78, 5) is 16.7. The fraction of sp³-hybridized carbons (Fsp3) is 0.136. The zero-order valence-electron chi connectivity index (χ0n) is 16.8. The van der Waals surface area contributed by atoms with Gasteiger partial charge in [0.15, 0.2) is 15.8 Å². The highest BCUT2D eigenvalue weighted by Gasteiger charge is 2.11. The lowest BCUT2D eigenvalue weighted by Crippen LogP contribution is -2.29. The molecule has 0 bridgehead atoms. The van der Waals surface area contributed by atoms with Crippen molar-refractivity contribution >= 4 is 44.9 Å². The first-order chi connectivity index (χ1) is 15.8. The van der Waals surface area contributed by atoms with Gasteiger partial charge in [0.25, 0.3) is 0 Å². The van der Waals surface area contributed by atoms with E-state index in [-0.39, 0.29) is 5.91 Å². The summed E-state index contributed by atoms with van der Waals surface area (Å²) in [5.41, 5.74) is 2.51. The summed E-state index contributed by atoms with van der Waals surface area (Å²) in [5.74, 6) is 1.33. The topological polar surface area (TPSA) is 94.3 Å². The van der Waals surface area contributed by atoms with E-state index in [1.54, 1.807) is 28.0 Å². The number of para-hydroxylation sites is 1. The number of thiazole rings is 1. The van der Waals surface area contributed by atoms with Crippen LogP contribution in [0.1, 0.15) is 0 Å². The van der Waals surface area contributed by atoms with E-state index in [0.29, 0.717) is 36.3 Å². The van der Waals surface area contributed by atoms with Crippen molar-refractivity contribution < 1.29 is 9.53 Å². The third-order valence-electron chi connectivity index (χ3n) is 4.55. The van der Waals surface area contributed by atoms with Crippen molar-refractivity contribution in [2.24, 2.45) is 0 Å². The number of fused-ring (bicyclic) bond motifs is 2. The van der Waals surface area contributed by atoms with Gasteiger partial charge in [0.2, 0.25) is 11.8 Å². The fourth-order valence-electron chi connectivity index (χ4n) is 3.05. The number of thioether (sulfide) groups is 1. The highest BCUT2D eigenvalue weighted by Crippen LogP contribution is 2.29. The van der Waals surface area contributed by atoms with Crippen molar-refractivity contribution in [3.8, 4) is 17.3 Å². The predicted molar refractivity (Wildman–Crippen MR) is 125 cm³/mol. The smallest absolute Gasteiger partial charge is 0.231 e. The first kappa shape index (κ1) is 20.4. The lowest BCUT2D eigenvalue weighted by Gasteiger charge is -2.07. The standard InChI is InChI=1S/C22H18N6O2S2/c29-19(14-31-22-24-16-8-4-5-9-17(16)32-22)23-12-13-30-20-11-10-18-25-26-21(28(18)27-20)15-6-2-1-3-7-15/h1-11H,12-14H2,(H,23,29). The molecule has 10 heteroatoms. The van der Waals surface area contributed by atoms with Gasteiger partial charge in [0, 0.05) is 11.6 Å². The molecule has 3 aromatic heterocycles. The SMILES string of the molecule is O=C(CSc1nc2ccccc2s1)NCCOc1ccc2nnc(-c3ccccc3)n2n1. The number of hydrogen-bond donors (Lipinski definition) is 1. The molecule has 0 aliphatic carbocycles. The first-order valence-corrected chi connectivity index (χ1v) is 11.7. The molecule has 8 nitrogen and oxygen atoms in total. The summed E-state index contributed by atoms with van der Waals surface area (Å²) in [5, 5.41) is 15.7. The summed E-state index contributed by atoms with van der Waals surface area (Å²) >= 11 is 3.03. The van der Waals surface area contributed by atoms with Crippen LogP contribution in [-0.2, 0) is 4.79 Å². The highest BCUT2D eigenvalue weighted by atomic mass is 32.2. The third-order valence-corrected chi connectivity index (χ3v) is 6.72. The van der Waals surface area contributed by atoms with E-state index in [1.807, 2.05) is 54.6 Å². The molecule has 0 spiro atoms. The maximum Gasteiger partial charge on any atom is 0.231 e. The number of nitrogens with zero attached hydrogens (tertiary/aromatic N) is 5. The molecule has 0 radical (unpaired) electrons. The zero-order chi connectivity index (χ0) is 21.8. The Bertz CT molecular complexity index is 1340. The summed E-state index contributed by atoms with van der Waals surface area (Å²) < 4.78 is 9.37. The van der Waals surface area contributed by atoms with E-state index in [1.165, 1.54) is 11.8 Å². The number of carbonyl (C=O) groups excluding carboxylic acids is 1. The molecule has 5 rings (SSSR count). The van der Waals surface area contributed by atoms with Crippen LogP contribution < -0.4 is 10.1 Å². The van der Waals surface area contributed by atoms with Gasteiger partial charge in [-0.3, -0.25) is 4.79 Å². The Morgan fingerprint density at radius 2 is 1.88 bits per heavy atom. The molecule has 1 N–H and O–H groups in total. The van der Waals surface area contributed by atoms with Gasteiger partial charge in [-0.2, -0.15) is 4.52 Å².